The predicted octanol–water partition coefficient (Wildman–Crippen LogP) is 1.26. The molecule has 0 fully saturated rings. The van der Waals surface area contributed by atoms with E-state index >= 15 is 0 Å². The zero-order valence-corrected chi connectivity index (χ0v) is 6.69. The van der Waals surface area contributed by atoms with Gasteiger partial charge in [0.05, 0.1) is 4.88 Å². The molecule has 0 aliphatic carbocycles. The predicted molar refractivity (Wildman–Crippen MR) is 42.7 cm³/mol. The third-order valence-corrected chi connectivity index (χ3v) is 2.52. The highest BCUT2D eigenvalue weighted by molar-refractivity contribution is 7.10. The molecule has 0 bridgehead atoms. The van der Waals surface area contributed by atoms with Gasteiger partial charge in [0.25, 0.3) is 0 Å². The van der Waals surface area contributed by atoms with Crippen LogP contribution in [0.1, 0.15) is 18.2 Å². The maximum Gasteiger partial charge on any atom is 0.148 e. The Kier molecular flexibility index (Phi) is 2.08. The van der Waals surface area contributed by atoms with Gasteiger partial charge in [-0.1, -0.05) is 13.0 Å². The Hall–Kier alpha value is -0.380. The normalized spacial score (nSPS) is 16.7. The molecule has 0 aliphatic heterocycles. The summed E-state index contributed by atoms with van der Waals surface area (Å²) >= 11 is 1.48. The second-order valence-corrected chi connectivity index (χ2v) is 3.20. The van der Waals surface area contributed by atoms with Gasteiger partial charge in [-0.25, -0.2) is 0 Å². The monoisotopic (exact) mass is 157 g/mol. The molecule has 0 spiro atoms. The average Bonchev–Trinajstić information content (AvgIpc) is 2.38. The number of aliphatic hydroxyl groups is 1. The molecule has 1 aromatic rings. The lowest BCUT2D eigenvalue weighted by molar-refractivity contribution is 0.0433. The van der Waals surface area contributed by atoms with Crippen molar-refractivity contribution in [2.24, 2.45) is 5.73 Å². The van der Waals surface area contributed by atoms with Crippen molar-refractivity contribution >= 4 is 11.3 Å². The Labute approximate surface area is 64.3 Å². The van der Waals surface area contributed by atoms with Crippen molar-refractivity contribution in [2.45, 2.75) is 19.1 Å². The standard InChI is InChI=1S/C7H11NOS/c1-2-7(8,9)6-4-3-5-10-6/h3-5,9H,2,8H2,1H3. The van der Waals surface area contributed by atoms with Gasteiger partial charge < -0.3 is 5.11 Å². The molecular weight excluding hydrogens is 146 g/mol. The van der Waals surface area contributed by atoms with Gasteiger partial charge in [-0.05, 0) is 17.9 Å². The third-order valence-electron chi connectivity index (χ3n) is 1.49. The fourth-order valence-electron chi connectivity index (χ4n) is 0.699. The molecule has 3 heteroatoms. The average molecular weight is 157 g/mol. The van der Waals surface area contributed by atoms with Crippen molar-refractivity contribution < 1.29 is 5.11 Å². The first-order chi connectivity index (χ1) is 4.67. The maximum absolute atomic E-state index is 9.47. The fraction of sp³-hybridized carbons (Fsp3) is 0.429. The fourth-order valence-corrected chi connectivity index (χ4v) is 1.51. The molecule has 1 heterocycles. The third kappa shape index (κ3) is 1.37. The first-order valence-corrected chi connectivity index (χ1v) is 4.10. The molecule has 2 nitrogen and oxygen atoms in total. The number of nitrogens with two attached hydrogens (primary N) is 1. The van der Waals surface area contributed by atoms with Gasteiger partial charge >= 0.3 is 0 Å². The van der Waals surface area contributed by atoms with E-state index in [4.69, 9.17) is 5.73 Å². The Morgan fingerprint density at radius 2 is 2.50 bits per heavy atom. The van der Waals surface area contributed by atoms with Crippen molar-refractivity contribution in [1.82, 2.24) is 0 Å². The lowest BCUT2D eigenvalue weighted by Crippen LogP contribution is -2.34. The number of hydrogen-bond acceptors (Lipinski definition) is 3. The van der Waals surface area contributed by atoms with Crippen molar-refractivity contribution in [1.29, 1.82) is 0 Å². The van der Waals surface area contributed by atoms with Crippen LogP contribution in [0.3, 0.4) is 0 Å². The lowest BCUT2D eigenvalue weighted by Gasteiger charge is -2.18. The molecule has 0 aromatic carbocycles. The van der Waals surface area contributed by atoms with Gasteiger partial charge in [0, 0.05) is 0 Å². The van der Waals surface area contributed by atoms with Crippen molar-refractivity contribution in [3.05, 3.63) is 22.4 Å². The van der Waals surface area contributed by atoms with Gasteiger partial charge in [0.1, 0.15) is 5.72 Å². The summed E-state index contributed by atoms with van der Waals surface area (Å²) in [5.74, 6) is 0. The van der Waals surface area contributed by atoms with E-state index in [1.165, 1.54) is 11.3 Å². The van der Waals surface area contributed by atoms with E-state index in [0.29, 0.717) is 6.42 Å². The number of rotatable bonds is 2. The molecule has 0 aliphatic rings. The minimum absolute atomic E-state index is 0.549. The Morgan fingerprint density at radius 3 is 2.90 bits per heavy atom. The first-order valence-electron chi connectivity index (χ1n) is 3.22. The molecule has 1 unspecified atom stereocenters. The van der Waals surface area contributed by atoms with Crippen LogP contribution in [0.15, 0.2) is 17.5 Å². The largest absolute Gasteiger partial charge is 0.371 e. The Morgan fingerprint density at radius 1 is 1.80 bits per heavy atom. The summed E-state index contributed by atoms with van der Waals surface area (Å²) in [5, 5.41) is 11.4. The second kappa shape index (κ2) is 2.70. The van der Waals surface area contributed by atoms with Crippen LogP contribution in [0, 0.1) is 0 Å². The quantitative estimate of drug-likeness (QED) is 0.635. The van der Waals surface area contributed by atoms with Crippen LogP contribution in [-0.2, 0) is 5.72 Å². The topological polar surface area (TPSA) is 46.2 Å². The van der Waals surface area contributed by atoms with Gasteiger partial charge in [-0.3, -0.25) is 5.73 Å². The summed E-state index contributed by atoms with van der Waals surface area (Å²) in [4.78, 5) is 0.829. The molecule has 0 radical (unpaired) electrons. The van der Waals surface area contributed by atoms with Crippen LogP contribution in [-0.4, -0.2) is 5.11 Å². The van der Waals surface area contributed by atoms with E-state index in [0.717, 1.165) is 4.88 Å². The van der Waals surface area contributed by atoms with Gasteiger partial charge in [-0.15, -0.1) is 11.3 Å². The molecule has 3 N–H and O–H groups in total. The molecule has 0 amide bonds. The summed E-state index contributed by atoms with van der Waals surface area (Å²) in [6.07, 6.45) is 0.549. The smallest absolute Gasteiger partial charge is 0.148 e. The van der Waals surface area contributed by atoms with Crippen LogP contribution in [0.2, 0.25) is 0 Å². The SMILES string of the molecule is CCC(N)(O)c1cccs1. The Balaban J connectivity index is 2.85. The molecule has 56 valence electrons. The molecule has 10 heavy (non-hydrogen) atoms. The Bertz CT molecular complexity index is 193. The summed E-state index contributed by atoms with van der Waals surface area (Å²) in [6.45, 7) is 1.86. The lowest BCUT2D eigenvalue weighted by atomic mass is 10.1. The molecule has 1 atom stereocenters. The van der Waals surface area contributed by atoms with E-state index in [2.05, 4.69) is 0 Å². The maximum atomic E-state index is 9.47. The van der Waals surface area contributed by atoms with Crippen molar-refractivity contribution in [3.63, 3.8) is 0 Å². The molecule has 0 saturated carbocycles. The van der Waals surface area contributed by atoms with Gasteiger partial charge in [0.15, 0.2) is 0 Å². The molecule has 0 saturated heterocycles. The number of hydrogen-bond donors (Lipinski definition) is 2. The first kappa shape index (κ1) is 7.72. The van der Waals surface area contributed by atoms with E-state index in [1.807, 2.05) is 24.4 Å². The highest BCUT2D eigenvalue weighted by Crippen LogP contribution is 2.22. The van der Waals surface area contributed by atoms with E-state index in [1.54, 1.807) is 0 Å². The van der Waals surface area contributed by atoms with E-state index in [9.17, 15) is 5.11 Å². The van der Waals surface area contributed by atoms with E-state index in [-0.39, 0.29) is 0 Å². The van der Waals surface area contributed by atoms with Crippen molar-refractivity contribution in [2.75, 3.05) is 0 Å². The second-order valence-electron chi connectivity index (χ2n) is 2.26. The molecule has 1 rings (SSSR count). The van der Waals surface area contributed by atoms with Gasteiger partial charge in [-0.2, -0.15) is 0 Å². The van der Waals surface area contributed by atoms with Crippen LogP contribution >= 0.6 is 11.3 Å². The summed E-state index contributed by atoms with van der Waals surface area (Å²) < 4.78 is 0. The van der Waals surface area contributed by atoms with Crippen LogP contribution in [0.25, 0.3) is 0 Å². The van der Waals surface area contributed by atoms with Crippen LogP contribution in [0.5, 0.6) is 0 Å². The highest BCUT2D eigenvalue weighted by atomic mass is 32.1. The summed E-state index contributed by atoms with van der Waals surface area (Å²) in [7, 11) is 0. The molecule has 1 aromatic heterocycles. The molecular formula is C7H11NOS. The minimum atomic E-state index is -1.12. The summed E-state index contributed by atoms with van der Waals surface area (Å²) in [5.41, 5.74) is 4.43. The summed E-state index contributed by atoms with van der Waals surface area (Å²) in [6, 6.07) is 3.72. The zero-order chi connectivity index (χ0) is 7.61. The minimum Gasteiger partial charge on any atom is -0.371 e. The van der Waals surface area contributed by atoms with E-state index < -0.39 is 5.72 Å². The number of thiophene rings is 1. The highest BCUT2D eigenvalue weighted by Gasteiger charge is 2.21. The van der Waals surface area contributed by atoms with Gasteiger partial charge in [0.2, 0.25) is 0 Å². The van der Waals surface area contributed by atoms with Crippen LogP contribution in [0.4, 0.5) is 0 Å². The zero-order valence-electron chi connectivity index (χ0n) is 5.87. The van der Waals surface area contributed by atoms with Crippen molar-refractivity contribution in [3.8, 4) is 0 Å². The van der Waals surface area contributed by atoms with Crippen LogP contribution < -0.4 is 5.73 Å².